The number of piperidine rings is 1. The molecule has 10 heteroatoms. The van der Waals surface area contributed by atoms with Gasteiger partial charge in [-0.25, -0.2) is 23.1 Å². The maximum absolute atomic E-state index is 13.9. The quantitative estimate of drug-likeness (QED) is 0.388. The predicted octanol–water partition coefficient (Wildman–Crippen LogP) is 5.12. The molecular weight excluding hydrogens is 489 g/mol. The third-order valence-electron chi connectivity index (χ3n) is 6.54. The summed E-state index contributed by atoms with van der Waals surface area (Å²) in [7, 11) is 0. The Morgan fingerprint density at radius 1 is 1.11 bits per heavy atom. The molecule has 1 N–H and O–H groups in total. The van der Waals surface area contributed by atoms with Gasteiger partial charge < -0.3 is 14.6 Å². The van der Waals surface area contributed by atoms with Gasteiger partial charge in [0.1, 0.15) is 17.3 Å². The number of rotatable bonds is 6. The van der Waals surface area contributed by atoms with Crippen LogP contribution in [-0.4, -0.2) is 49.6 Å². The number of aromatic nitrogens is 3. The van der Waals surface area contributed by atoms with Crippen LogP contribution < -0.4 is 0 Å². The Kier molecular flexibility index (Phi) is 6.81. The van der Waals surface area contributed by atoms with Crippen molar-refractivity contribution in [2.75, 3.05) is 13.2 Å². The lowest BCUT2D eigenvalue weighted by Crippen LogP contribution is -2.45. The molecule has 1 fully saturated rings. The summed E-state index contributed by atoms with van der Waals surface area (Å²) in [5.74, 6) is -1.96. The molecule has 1 saturated heterocycles. The van der Waals surface area contributed by atoms with Crippen LogP contribution in [-0.2, 0) is 13.0 Å². The van der Waals surface area contributed by atoms with Gasteiger partial charge in [-0.15, -0.1) is 11.3 Å². The highest BCUT2D eigenvalue weighted by molar-refractivity contribution is 7.15. The van der Waals surface area contributed by atoms with Crippen molar-refractivity contribution in [3.63, 3.8) is 0 Å². The van der Waals surface area contributed by atoms with E-state index in [1.807, 2.05) is 6.92 Å². The first-order valence-electron chi connectivity index (χ1n) is 11.8. The van der Waals surface area contributed by atoms with Crippen molar-refractivity contribution in [3.8, 4) is 10.4 Å². The van der Waals surface area contributed by atoms with Crippen molar-refractivity contribution in [2.45, 2.75) is 45.2 Å². The fraction of sp³-hybridized carbons (Fsp3) is 0.346. The van der Waals surface area contributed by atoms with Crippen molar-refractivity contribution >= 4 is 28.3 Å². The van der Waals surface area contributed by atoms with E-state index in [-0.39, 0.29) is 30.9 Å². The van der Waals surface area contributed by atoms with Crippen molar-refractivity contribution in [1.29, 1.82) is 0 Å². The average Bonchev–Trinajstić information content (AvgIpc) is 3.40. The number of carbonyl (C=O) groups excluding carboxylic acids is 1. The third kappa shape index (κ3) is 4.62. The Morgan fingerprint density at radius 3 is 2.61 bits per heavy atom. The van der Waals surface area contributed by atoms with Crippen LogP contribution in [0.25, 0.3) is 21.5 Å². The number of aliphatic hydroxyl groups is 1. The maximum Gasteiger partial charge on any atom is 0.274 e. The van der Waals surface area contributed by atoms with Crippen LogP contribution in [0.3, 0.4) is 0 Å². The van der Waals surface area contributed by atoms with Gasteiger partial charge in [0.15, 0.2) is 11.6 Å². The Bertz CT molecular complexity index is 1420. The number of fused-ring (bicyclic) bond motifs is 1. The Hall–Kier alpha value is -3.24. The molecule has 5 rings (SSSR count). The standard InChI is InChI=1S/C26H25F3N4O2S/c1-15-30-24(25(36-15)16-5-7-17(27)8-6-16)26(35)32-9-3-2-4-18(32)12-23-31-21-13-19(28)20(29)14-22(21)33(23)10-11-34/h5-8,13-14,18,34H,2-4,9-12H2,1H3. The number of benzene rings is 2. The number of aliphatic hydroxyl groups excluding tert-OH is 1. The minimum atomic E-state index is -0.982. The lowest BCUT2D eigenvalue weighted by Gasteiger charge is -2.35. The summed E-state index contributed by atoms with van der Waals surface area (Å²) in [6, 6.07) is 7.95. The zero-order chi connectivity index (χ0) is 25.4. The van der Waals surface area contributed by atoms with E-state index in [1.165, 1.54) is 23.5 Å². The summed E-state index contributed by atoms with van der Waals surface area (Å²) in [6.07, 6.45) is 2.89. The number of carbonyl (C=O) groups is 1. The molecule has 36 heavy (non-hydrogen) atoms. The van der Waals surface area contributed by atoms with Crippen LogP contribution >= 0.6 is 11.3 Å². The summed E-state index contributed by atoms with van der Waals surface area (Å²) >= 11 is 1.39. The molecule has 2 aromatic carbocycles. The number of hydrogen-bond acceptors (Lipinski definition) is 5. The van der Waals surface area contributed by atoms with Gasteiger partial charge in [0.05, 0.1) is 27.5 Å². The Morgan fingerprint density at radius 2 is 1.86 bits per heavy atom. The summed E-state index contributed by atoms with van der Waals surface area (Å²) in [4.78, 5) is 25.3. The summed E-state index contributed by atoms with van der Waals surface area (Å²) in [5.41, 5.74) is 1.77. The average molecular weight is 515 g/mol. The van der Waals surface area contributed by atoms with Crippen molar-refractivity contribution in [3.05, 3.63) is 70.4 Å². The van der Waals surface area contributed by atoms with Gasteiger partial charge >= 0.3 is 0 Å². The zero-order valence-corrected chi connectivity index (χ0v) is 20.5. The highest BCUT2D eigenvalue weighted by atomic mass is 32.1. The maximum atomic E-state index is 13.9. The molecule has 0 saturated carbocycles. The minimum Gasteiger partial charge on any atom is -0.395 e. The predicted molar refractivity (Wildman–Crippen MR) is 131 cm³/mol. The third-order valence-corrected chi connectivity index (χ3v) is 7.56. The fourth-order valence-corrected chi connectivity index (χ4v) is 5.79. The summed E-state index contributed by atoms with van der Waals surface area (Å²) < 4.78 is 42.9. The smallest absolute Gasteiger partial charge is 0.274 e. The fourth-order valence-electron chi connectivity index (χ4n) is 4.87. The Labute approximate surface area is 210 Å². The number of nitrogens with zero attached hydrogens (tertiary/aromatic N) is 4. The van der Waals surface area contributed by atoms with Crippen LogP contribution in [0.2, 0.25) is 0 Å². The first kappa shape index (κ1) is 24.5. The molecular formula is C26H25F3N4O2S. The summed E-state index contributed by atoms with van der Waals surface area (Å²) in [5, 5.41) is 10.3. The second kappa shape index (κ2) is 10.0. The van der Waals surface area contributed by atoms with E-state index in [0.717, 1.165) is 42.0 Å². The molecule has 3 heterocycles. The number of imidazole rings is 1. The normalized spacial score (nSPS) is 16.1. The molecule has 2 aromatic heterocycles. The van der Waals surface area contributed by atoms with Crippen LogP contribution in [0, 0.1) is 24.4 Å². The van der Waals surface area contributed by atoms with Crippen LogP contribution in [0.5, 0.6) is 0 Å². The number of likely N-dealkylation sites (tertiary alicyclic amines) is 1. The molecule has 188 valence electrons. The molecule has 0 bridgehead atoms. The number of amides is 1. The SMILES string of the molecule is Cc1nc(C(=O)N2CCCCC2Cc2nc3cc(F)c(F)cc3n2CCO)c(-c2ccc(F)cc2)s1. The first-order chi connectivity index (χ1) is 17.4. The molecule has 1 aliphatic rings. The van der Waals surface area contributed by atoms with E-state index < -0.39 is 11.6 Å². The second-order valence-electron chi connectivity index (χ2n) is 8.93. The van der Waals surface area contributed by atoms with Gasteiger partial charge in [0.2, 0.25) is 0 Å². The van der Waals surface area contributed by atoms with Crippen LogP contribution in [0.1, 0.15) is 40.6 Å². The van der Waals surface area contributed by atoms with Crippen LogP contribution in [0.4, 0.5) is 13.2 Å². The molecule has 6 nitrogen and oxygen atoms in total. The topological polar surface area (TPSA) is 71.2 Å². The van der Waals surface area contributed by atoms with Crippen LogP contribution in [0.15, 0.2) is 36.4 Å². The Balaban J connectivity index is 1.48. The first-order valence-corrected chi connectivity index (χ1v) is 12.7. The molecule has 4 aromatic rings. The van der Waals surface area contributed by atoms with Gasteiger partial charge in [0, 0.05) is 37.7 Å². The zero-order valence-electron chi connectivity index (χ0n) is 19.7. The van der Waals surface area contributed by atoms with Gasteiger partial charge in [-0.1, -0.05) is 12.1 Å². The monoisotopic (exact) mass is 514 g/mol. The van der Waals surface area contributed by atoms with Gasteiger partial charge in [-0.2, -0.15) is 0 Å². The second-order valence-corrected chi connectivity index (χ2v) is 10.1. The molecule has 1 amide bonds. The van der Waals surface area contributed by atoms with E-state index in [4.69, 9.17) is 0 Å². The lowest BCUT2D eigenvalue weighted by molar-refractivity contribution is 0.0605. The number of thiazole rings is 1. The van der Waals surface area contributed by atoms with Gasteiger partial charge in [0.25, 0.3) is 5.91 Å². The van der Waals surface area contributed by atoms with E-state index in [0.29, 0.717) is 40.4 Å². The highest BCUT2D eigenvalue weighted by Crippen LogP contribution is 2.33. The molecule has 1 atom stereocenters. The minimum absolute atomic E-state index is 0.178. The van der Waals surface area contributed by atoms with Gasteiger partial charge in [-0.05, 0) is 43.9 Å². The molecule has 0 aliphatic carbocycles. The van der Waals surface area contributed by atoms with E-state index in [9.17, 15) is 23.1 Å². The van der Waals surface area contributed by atoms with Gasteiger partial charge in [-0.3, -0.25) is 4.79 Å². The highest BCUT2D eigenvalue weighted by Gasteiger charge is 2.32. The van der Waals surface area contributed by atoms with E-state index >= 15 is 0 Å². The molecule has 0 spiro atoms. The number of hydrogen-bond donors (Lipinski definition) is 1. The molecule has 1 aliphatic heterocycles. The number of aryl methyl sites for hydroxylation is 1. The molecule has 1 unspecified atom stereocenters. The number of halogens is 3. The van der Waals surface area contributed by atoms with Crippen molar-refractivity contribution < 1.29 is 23.1 Å². The van der Waals surface area contributed by atoms with E-state index in [2.05, 4.69) is 9.97 Å². The van der Waals surface area contributed by atoms with Crippen molar-refractivity contribution in [1.82, 2.24) is 19.4 Å². The molecule has 0 radical (unpaired) electrons. The largest absolute Gasteiger partial charge is 0.395 e. The summed E-state index contributed by atoms with van der Waals surface area (Å²) in [6.45, 7) is 2.37. The lowest BCUT2D eigenvalue weighted by atomic mass is 9.98. The van der Waals surface area contributed by atoms with E-state index in [1.54, 1.807) is 21.6 Å². The van der Waals surface area contributed by atoms with Crippen molar-refractivity contribution in [2.24, 2.45) is 0 Å².